The van der Waals surface area contributed by atoms with Crippen molar-refractivity contribution in [1.29, 1.82) is 5.26 Å². The van der Waals surface area contributed by atoms with Crippen molar-refractivity contribution in [2.45, 2.75) is 5.82 Å². The molecule has 5 heteroatoms. The minimum atomic E-state index is -2.17. The average molecular weight is 331 g/mol. The van der Waals surface area contributed by atoms with Crippen LogP contribution in [0.15, 0.2) is 48.5 Å². The molecule has 0 saturated heterocycles. The summed E-state index contributed by atoms with van der Waals surface area (Å²) in [7, 11) is 0. The molecule has 0 aliphatic rings. The first-order valence-corrected chi connectivity index (χ1v) is 9.12. The van der Waals surface area contributed by atoms with Gasteiger partial charge < -0.3 is 0 Å². The van der Waals surface area contributed by atoms with Crippen molar-refractivity contribution in [3.8, 4) is 6.07 Å². The first-order chi connectivity index (χ1) is 9.61. The monoisotopic (exact) mass is 332 g/mol. The number of nitriles is 1. The Labute approximate surface area is 121 Å². The number of hydrogen-bond acceptors (Lipinski definition) is 3. The fourth-order valence-corrected chi connectivity index (χ4v) is 3.29. The third-order valence-electron chi connectivity index (χ3n) is 2.71. The van der Waals surface area contributed by atoms with E-state index in [1.54, 1.807) is 54.4 Å². The van der Waals surface area contributed by atoms with Crippen molar-refractivity contribution in [2.75, 3.05) is 5.32 Å². The molecule has 0 saturated carbocycles. The van der Waals surface area contributed by atoms with Crippen LogP contribution in [0.3, 0.4) is 0 Å². The fourth-order valence-electron chi connectivity index (χ4n) is 1.73. The van der Waals surface area contributed by atoms with E-state index in [-0.39, 0.29) is 5.91 Å². The second-order valence-corrected chi connectivity index (χ2v) is 6.92. The predicted octanol–water partition coefficient (Wildman–Crippen LogP) is 2.07. The molecule has 0 aromatic heterocycles. The molecule has 0 spiro atoms. The van der Waals surface area contributed by atoms with Crippen molar-refractivity contribution in [1.82, 2.24) is 0 Å². The van der Waals surface area contributed by atoms with E-state index >= 15 is 0 Å². The molecule has 1 atom stereocenters. The van der Waals surface area contributed by atoms with E-state index in [2.05, 4.69) is 5.32 Å². The van der Waals surface area contributed by atoms with Gasteiger partial charge in [-0.2, -0.15) is 0 Å². The standard InChI is InChI=1S/C15H12N2O2Se/c1-20(19)14-5-3-2-4-13(14)15(18)17-12-8-6-11(10-16)7-9-12/h2-9H,1H3,(H,17,18). The molecule has 0 bridgehead atoms. The fraction of sp³-hybridized carbons (Fsp3) is 0.0667. The molecule has 0 fully saturated rings. The molecule has 1 unspecified atom stereocenters. The molecule has 0 heterocycles. The van der Waals surface area contributed by atoms with Gasteiger partial charge in [0.1, 0.15) is 0 Å². The van der Waals surface area contributed by atoms with Crippen molar-refractivity contribution in [3.05, 3.63) is 59.7 Å². The Morgan fingerprint density at radius 2 is 1.80 bits per heavy atom. The number of carbonyl (C=O) groups is 1. The van der Waals surface area contributed by atoms with Crippen LogP contribution in [-0.4, -0.2) is 19.7 Å². The first-order valence-electron chi connectivity index (χ1n) is 5.86. The summed E-state index contributed by atoms with van der Waals surface area (Å²) in [6.07, 6.45) is 0. The van der Waals surface area contributed by atoms with Crippen LogP contribution >= 0.6 is 0 Å². The van der Waals surface area contributed by atoms with Gasteiger partial charge in [-0.15, -0.1) is 0 Å². The quantitative estimate of drug-likeness (QED) is 0.876. The Bertz CT molecular complexity index is 703. The third kappa shape index (κ3) is 3.18. The second kappa shape index (κ2) is 6.25. The van der Waals surface area contributed by atoms with E-state index in [1.165, 1.54) is 0 Å². The van der Waals surface area contributed by atoms with Gasteiger partial charge in [0, 0.05) is 0 Å². The number of nitrogens with zero attached hydrogens (tertiary/aromatic N) is 1. The molecule has 0 radical (unpaired) electrons. The molecule has 100 valence electrons. The van der Waals surface area contributed by atoms with Crippen LogP contribution in [0, 0.1) is 11.3 Å². The number of amides is 1. The summed E-state index contributed by atoms with van der Waals surface area (Å²) in [5, 5.41) is 11.5. The molecular weight excluding hydrogens is 319 g/mol. The van der Waals surface area contributed by atoms with Gasteiger partial charge >= 0.3 is 121 Å². The van der Waals surface area contributed by atoms with Gasteiger partial charge in [0.05, 0.1) is 0 Å². The third-order valence-corrected chi connectivity index (χ3v) is 4.76. The summed E-state index contributed by atoms with van der Waals surface area (Å²) < 4.78 is 12.3. The maximum atomic E-state index is 12.2. The molecule has 1 N–H and O–H groups in total. The Balaban J connectivity index is 2.24. The summed E-state index contributed by atoms with van der Waals surface area (Å²) in [5.74, 6) is 1.34. The van der Waals surface area contributed by atoms with Gasteiger partial charge in [0.2, 0.25) is 0 Å². The zero-order valence-corrected chi connectivity index (χ0v) is 12.5. The van der Waals surface area contributed by atoms with E-state index in [4.69, 9.17) is 5.26 Å². The Kier molecular flexibility index (Phi) is 4.41. The van der Waals surface area contributed by atoms with Gasteiger partial charge in [0.25, 0.3) is 0 Å². The summed E-state index contributed by atoms with van der Waals surface area (Å²) in [6, 6.07) is 15.5. The number of anilines is 1. The average Bonchev–Trinajstić information content (AvgIpc) is 2.48. The van der Waals surface area contributed by atoms with Crippen molar-refractivity contribution in [3.63, 3.8) is 0 Å². The van der Waals surface area contributed by atoms with Gasteiger partial charge in [-0.1, -0.05) is 0 Å². The Morgan fingerprint density at radius 1 is 1.15 bits per heavy atom. The van der Waals surface area contributed by atoms with E-state index in [0.29, 0.717) is 21.3 Å². The predicted molar refractivity (Wildman–Crippen MR) is 77.5 cm³/mol. The molecular formula is C15H12N2O2Se. The van der Waals surface area contributed by atoms with Gasteiger partial charge in [-0.25, -0.2) is 0 Å². The van der Waals surface area contributed by atoms with Gasteiger partial charge in [0.15, 0.2) is 0 Å². The number of hydrogen-bond donors (Lipinski definition) is 1. The van der Waals surface area contributed by atoms with Crippen LogP contribution < -0.4 is 9.78 Å². The Hall–Kier alpha value is -2.28. The zero-order chi connectivity index (χ0) is 14.5. The summed E-state index contributed by atoms with van der Waals surface area (Å²) in [4.78, 5) is 12.2. The Morgan fingerprint density at radius 3 is 2.40 bits per heavy atom. The molecule has 0 aliphatic carbocycles. The van der Waals surface area contributed by atoms with Crippen LogP contribution in [0.1, 0.15) is 15.9 Å². The maximum absolute atomic E-state index is 12.2. The number of benzene rings is 2. The minimum absolute atomic E-state index is 0.295. The molecule has 4 nitrogen and oxygen atoms in total. The van der Waals surface area contributed by atoms with E-state index < -0.39 is 13.8 Å². The molecule has 0 aliphatic heterocycles. The molecule has 1 amide bonds. The van der Waals surface area contributed by atoms with Crippen molar-refractivity contribution >= 4 is 29.9 Å². The van der Waals surface area contributed by atoms with E-state index in [1.807, 2.05) is 6.07 Å². The topological polar surface area (TPSA) is 70.0 Å². The van der Waals surface area contributed by atoms with Gasteiger partial charge in [-0.05, 0) is 0 Å². The number of nitrogens with one attached hydrogen (secondary N) is 1. The van der Waals surface area contributed by atoms with E-state index in [9.17, 15) is 8.63 Å². The summed E-state index contributed by atoms with van der Waals surface area (Å²) in [6.45, 7) is 0. The van der Waals surface area contributed by atoms with Crippen molar-refractivity contribution in [2.24, 2.45) is 0 Å². The van der Waals surface area contributed by atoms with Gasteiger partial charge in [-0.3, -0.25) is 0 Å². The number of rotatable bonds is 3. The van der Waals surface area contributed by atoms with Crippen LogP contribution in [-0.2, 0) is 3.83 Å². The van der Waals surface area contributed by atoms with Crippen LogP contribution in [0.4, 0.5) is 5.69 Å². The van der Waals surface area contributed by atoms with Crippen LogP contribution in [0.5, 0.6) is 0 Å². The molecule has 2 rings (SSSR count). The SMILES string of the molecule is C[Se](=O)c1ccccc1C(=O)Nc1ccc(C#N)cc1. The number of carbonyl (C=O) groups excluding carboxylic acids is 1. The normalized spacial score (nSPS) is 11.4. The van der Waals surface area contributed by atoms with Crippen molar-refractivity contribution < 1.29 is 8.63 Å². The zero-order valence-electron chi connectivity index (χ0n) is 10.8. The molecule has 20 heavy (non-hydrogen) atoms. The first kappa shape index (κ1) is 14.1. The second-order valence-electron chi connectivity index (χ2n) is 4.09. The van der Waals surface area contributed by atoms with Crippen LogP contribution in [0.25, 0.3) is 0 Å². The van der Waals surface area contributed by atoms with E-state index in [0.717, 1.165) is 0 Å². The summed E-state index contributed by atoms with van der Waals surface area (Å²) >= 11 is -2.17. The molecule has 2 aromatic carbocycles. The van der Waals surface area contributed by atoms with Crippen LogP contribution in [0.2, 0.25) is 5.82 Å². The summed E-state index contributed by atoms with van der Waals surface area (Å²) in [5.41, 5.74) is 1.56. The molecule has 2 aromatic rings.